The van der Waals surface area contributed by atoms with Crippen molar-refractivity contribution in [3.63, 3.8) is 0 Å². The second kappa shape index (κ2) is 6.24. The van der Waals surface area contributed by atoms with Gasteiger partial charge in [-0.1, -0.05) is 6.42 Å². The third-order valence-electron chi connectivity index (χ3n) is 6.53. The van der Waals surface area contributed by atoms with Crippen LogP contribution in [0.4, 0.5) is 5.69 Å². The highest BCUT2D eigenvalue weighted by Crippen LogP contribution is 2.49. The molecule has 0 spiro atoms. The van der Waals surface area contributed by atoms with Crippen molar-refractivity contribution < 1.29 is 13.2 Å². The fraction of sp³-hybridized carbons (Fsp3) is 0.579. The first kappa shape index (κ1) is 17.6. The van der Waals surface area contributed by atoms with Gasteiger partial charge in [0.1, 0.15) is 0 Å². The molecule has 5 rings (SSSR count). The van der Waals surface area contributed by atoms with Crippen LogP contribution in [0.1, 0.15) is 43.0 Å². The number of hydrogen-bond acceptors (Lipinski definition) is 5. The van der Waals surface area contributed by atoms with Crippen LogP contribution in [-0.4, -0.2) is 37.8 Å². The first-order valence-electron chi connectivity index (χ1n) is 9.62. The summed E-state index contributed by atoms with van der Waals surface area (Å²) in [5.74, 6) is 2.22. The molecule has 144 valence electrons. The van der Waals surface area contributed by atoms with Gasteiger partial charge in [-0.05, 0) is 73.9 Å². The van der Waals surface area contributed by atoms with E-state index >= 15 is 0 Å². The summed E-state index contributed by atoms with van der Waals surface area (Å²) < 4.78 is 27.3. The molecule has 4 aliphatic rings. The Morgan fingerprint density at radius 1 is 1.33 bits per heavy atom. The lowest BCUT2D eigenvalue weighted by Gasteiger charge is -2.28. The van der Waals surface area contributed by atoms with Gasteiger partial charge >= 0.3 is 0 Å². The third-order valence-corrected chi connectivity index (χ3v) is 8.84. The molecule has 1 aromatic rings. The maximum atomic E-state index is 12.8. The summed E-state index contributed by atoms with van der Waals surface area (Å²) in [6, 6.07) is 5.78. The molecule has 6 nitrogen and oxygen atoms in total. The van der Waals surface area contributed by atoms with E-state index in [1.807, 2.05) is 23.1 Å². The molecule has 2 saturated carbocycles. The lowest BCUT2D eigenvalue weighted by atomic mass is 9.84. The van der Waals surface area contributed by atoms with Gasteiger partial charge in [0, 0.05) is 23.0 Å². The average Bonchev–Trinajstić information content (AvgIpc) is 3.33. The number of nitrogens with one attached hydrogen (secondary N) is 1. The molecular formula is C19H23N3O3S2. The van der Waals surface area contributed by atoms with Crippen molar-refractivity contribution in [2.45, 2.75) is 43.5 Å². The Kier molecular flexibility index (Phi) is 4.05. The normalized spacial score (nSPS) is 31.2. The zero-order chi connectivity index (χ0) is 18.8. The van der Waals surface area contributed by atoms with Crippen molar-refractivity contribution in [2.75, 3.05) is 17.2 Å². The smallest absolute Gasteiger partial charge is 0.257 e. The third kappa shape index (κ3) is 3.06. The number of carbonyl (C=O) groups excluding carboxylic acids is 1. The van der Waals surface area contributed by atoms with Gasteiger partial charge in [0.2, 0.25) is 0 Å². The highest BCUT2D eigenvalue weighted by atomic mass is 32.2. The van der Waals surface area contributed by atoms with E-state index in [2.05, 4.69) is 16.6 Å². The Morgan fingerprint density at radius 3 is 2.93 bits per heavy atom. The van der Waals surface area contributed by atoms with E-state index in [0.29, 0.717) is 23.2 Å². The molecule has 2 bridgehead atoms. The summed E-state index contributed by atoms with van der Waals surface area (Å²) in [7, 11) is -3.36. The second-order valence-electron chi connectivity index (χ2n) is 8.20. The van der Waals surface area contributed by atoms with Crippen LogP contribution in [-0.2, 0) is 10.0 Å². The predicted molar refractivity (Wildman–Crippen MR) is 107 cm³/mol. The molecule has 27 heavy (non-hydrogen) atoms. The summed E-state index contributed by atoms with van der Waals surface area (Å²) in [5.41, 5.74) is 1.56. The minimum Gasteiger partial charge on any atom is -0.349 e. The maximum Gasteiger partial charge on any atom is 0.257 e. The van der Waals surface area contributed by atoms with Crippen LogP contribution < -0.4 is 10.2 Å². The number of fused-ring (bicyclic) bond motifs is 5. The largest absolute Gasteiger partial charge is 0.349 e. The van der Waals surface area contributed by atoms with Gasteiger partial charge in [-0.2, -0.15) is 0 Å². The summed E-state index contributed by atoms with van der Waals surface area (Å²) in [6.45, 7) is 2.54. The van der Waals surface area contributed by atoms with Crippen molar-refractivity contribution in [3.05, 3.63) is 23.8 Å². The van der Waals surface area contributed by atoms with Crippen LogP contribution >= 0.6 is 11.8 Å². The number of carbonyl (C=O) groups is 1. The van der Waals surface area contributed by atoms with E-state index < -0.39 is 10.0 Å². The molecule has 8 heteroatoms. The molecular weight excluding hydrogens is 382 g/mol. The quantitative estimate of drug-likeness (QED) is 0.837. The van der Waals surface area contributed by atoms with Gasteiger partial charge in [0.15, 0.2) is 5.17 Å². The van der Waals surface area contributed by atoms with Gasteiger partial charge in [0.05, 0.1) is 11.4 Å². The van der Waals surface area contributed by atoms with Crippen LogP contribution in [0.25, 0.3) is 0 Å². The van der Waals surface area contributed by atoms with E-state index in [9.17, 15) is 13.2 Å². The summed E-state index contributed by atoms with van der Waals surface area (Å²) >= 11 is 1.32. The van der Waals surface area contributed by atoms with Crippen molar-refractivity contribution in [1.82, 2.24) is 5.32 Å². The molecule has 2 fully saturated rings. The number of amides is 1. The Morgan fingerprint density at radius 2 is 2.19 bits per heavy atom. The van der Waals surface area contributed by atoms with Crippen molar-refractivity contribution in [3.8, 4) is 0 Å². The van der Waals surface area contributed by atoms with E-state index in [4.69, 9.17) is 0 Å². The van der Waals surface area contributed by atoms with Crippen LogP contribution in [0.2, 0.25) is 0 Å². The number of benzene rings is 1. The standard InChI is InChI=1S/C19H23N3O3S2/c1-11(15-9-12-2-3-13(15)8-12)20-18(23)14-4-5-16-17(10-14)26-19-21-27(24,25)7-6-22(16)19/h4-5,10-13,15H,2-3,6-9H2,1H3,(H,20,23)/t11-,12-,13-,15+/m0/s1. The maximum absolute atomic E-state index is 12.8. The van der Waals surface area contributed by atoms with Crippen LogP contribution in [0, 0.1) is 17.8 Å². The Bertz CT molecular complexity index is 944. The zero-order valence-corrected chi connectivity index (χ0v) is 16.9. The topological polar surface area (TPSA) is 78.8 Å². The highest BCUT2D eigenvalue weighted by molar-refractivity contribution is 8.15. The fourth-order valence-electron chi connectivity index (χ4n) is 5.18. The minimum absolute atomic E-state index is 0.0276. The first-order chi connectivity index (χ1) is 12.9. The van der Waals surface area contributed by atoms with E-state index in [1.54, 1.807) is 0 Å². The van der Waals surface area contributed by atoms with Crippen LogP contribution in [0.3, 0.4) is 0 Å². The molecule has 1 N–H and O–H groups in total. The van der Waals surface area contributed by atoms with E-state index in [-0.39, 0.29) is 17.7 Å². The number of anilines is 1. The lowest BCUT2D eigenvalue weighted by Crippen LogP contribution is -2.40. The molecule has 2 heterocycles. The molecule has 0 radical (unpaired) electrons. The summed E-state index contributed by atoms with van der Waals surface area (Å²) in [5, 5.41) is 3.69. The number of amidine groups is 1. The molecule has 0 unspecified atom stereocenters. The SMILES string of the molecule is C[C@H](NC(=O)c1ccc2c(c1)SC1=NS(=O)(=O)CCN12)[C@H]1C[C@H]2CC[C@H]1C2. The Labute approximate surface area is 163 Å². The molecule has 1 aromatic carbocycles. The number of hydrogen-bond donors (Lipinski definition) is 1. The Balaban J connectivity index is 1.32. The number of nitrogens with zero attached hydrogens (tertiary/aromatic N) is 2. The van der Waals surface area contributed by atoms with E-state index in [0.717, 1.165) is 22.4 Å². The van der Waals surface area contributed by atoms with Crippen LogP contribution in [0.15, 0.2) is 27.5 Å². The molecule has 1 amide bonds. The van der Waals surface area contributed by atoms with Gasteiger partial charge < -0.3 is 10.2 Å². The Hall–Kier alpha value is -1.54. The molecule has 4 atom stereocenters. The number of thioether (sulfide) groups is 1. The lowest BCUT2D eigenvalue weighted by molar-refractivity contribution is 0.0915. The molecule has 2 aliphatic heterocycles. The number of rotatable bonds is 3. The van der Waals surface area contributed by atoms with Crippen LogP contribution in [0.5, 0.6) is 0 Å². The first-order valence-corrected chi connectivity index (χ1v) is 12.0. The fourth-order valence-corrected chi connectivity index (χ4v) is 7.47. The summed E-state index contributed by atoms with van der Waals surface area (Å²) in [6.07, 6.45) is 5.25. The summed E-state index contributed by atoms with van der Waals surface area (Å²) in [4.78, 5) is 15.6. The molecule has 2 aliphatic carbocycles. The van der Waals surface area contributed by atoms with Gasteiger partial charge in [0.25, 0.3) is 15.9 Å². The highest BCUT2D eigenvalue weighted by Gasteiger charge is 2.42. The monoisotopic (exact) mass is 405 g/mol. The van der Waals surface area contributed by atoms with Crippen molar-refractivity contribution >= 4 is 38.5 Å². The number of sulfonamides is 1. The van der Waals surface area contributed by atoms with Gasteiger partial charge in [-0.3, -0.25) is 4.79 Å². The average molecular weight is 406 g/mol. The molecule has 0 aromatic heterocycles. The second-order valence-corrected chi connectivity index (χ2v) is 11.0. The van der Waals surface area contributed by atoms with Crippen molar-refractivity contribution in [2.24, 2.45) is 22.2 Å². The van der Waals surface area contributed by atoms with Gasteiger partial charge in [-0.15, -0.1) is 4.40 Å². The molecule has 0 saturated heterocycles. The zero-order valence-electron chi connectivity index (χ0n) is 15.2. The van der Waals surface area contributed by atoms with E-state index in [1.165, 1.54) is 37.4 Å². The predicted octanol–water partition coefficient (Wildman–Crippen LogP) is 2.85. The van der Waals surface area contributed by atoms with Crippen molar-refractivity contribution in [1.29, 1.82) is 0 Å². The minimum atomic E-state index is -3.36. The van der Waals surface area contributed by atoms with Gasteiger partial charge in [-0.25, -0.2) is 8.42 Å².